The van der Waals surface area contributed by atoms with Gasteiger partial charge in [0.1, 0.15) is 11.6 Å². The number of carbonyl (C=O) groups is 1. The van der Waals surface area contributed by atoms with E-state index in [9.17, 15) is 9.90 Å². The highest BCUT2D eigenvalue weighted by molar-refractivity contribution is 6.32. The van der Waals surface area contributed by atoms with Crippen LogP contribution in [0.5, 0.6) is 5.75 Å². The lowest BCUT2D eigenvalue weighted by Gasteiger charge is -2.21. The van der Waals surface area contributed by atoms with Crippen molar-refractivity contribution in [1.82, 2.24) is 14.9 Å². The Bertz CT molecular complexity index is 687. The van der Waals surface area contributed by atoms with Gasteiger partial charge in [0, 0.05) is 12.1 Å². The smallest absolute Gasteiger partial charge is 0.254 e. The number of nitrogens with one attached hydrogen (secondary N) is 1. The third-order valence-electron chi connectivity index (χ3n) is 3.41. The van der Waals surface area contributed by atoms with E-state index in [0.717, 1.165) is 17.9 Å². The number of rotatable bonds is 8. The standard InChI is InChI=1S/C17H22ClN3O3/c1-3-8-24-16-5-4-13(9-15(16)18)17(23)21(6-7-22)11-14-10-19-12(2)20-14/h4-5,9-10,22H,3,6-8,11H2,1-2H3,(H,19,20). The average Bonchev–Trinajstić information content (AvgIpc) is 2.97. The van der Waals surface area contributed by atoms with Crippen LogP contribution in [-0.4, -0.2) is 45.6 Å². The monoisotopic (exact) mass is 351 g/mol. The summed E-state index contributed by atoms with van der Waals surface area (Å²) in [5, 5.41) is 9.64. The minimum absolute atomic E-state index is 0.121. The SMILES string of the molecule is CCCOc1ccc(C(=O)N(CCO)Cc2cnc(C)[nH]2)cc1Cl. The van der Waals surface area contributed by atoms with E-state index in [1.54, 1.807) is 29.3 Å². The predicted octanol–water partition coefficient (Wildman–Crippen LogP) is 2.80. The van der Waals surface area contributed by atoms with E-state index < -0.39 is 0 Å². The van der Waals surface area contributed by atoms with Crippen molar-refractivity contribution in [2.24, 2.45) is 0 Å². The Morgan fingerprint density at radius 3 is 2.83 bits per heavy atom. The molecule has 24 heavy (non-hydrogen) atoms. The van der Waals surface area contributed by atoms with Crippen LogP contribution in [0.1, 0.15) is 35.2 Å². The number of aryl methyl sites for hydroxylation is 1. The fraction of sp³-hybridized carbons (Fsp3) is 0.412. The molecule has 0 saturated heterocycles. The van der Waals surface area contributed by atoms with Gasteiger partial charge in [-0.1, -0.05) is 18.5 Å². The van der Waals surface area contributed by atoms with E-state index in [-0.39, 0.29) is 19.1 Å². The second-order valence-corrected chi connectivity index (χ2v) is 5.85. The van der Waals surface area contributed by atoms with Crippen LogP contribution in [0.3, 0.4) is 0 Å². The fourth-order valence-corrected chi connectivity index (χ4v) is 2.51. The fourth-order valence-electron chi connectivity index (χ4n) is 2.28. The topological polar surface area (TPSA) is 78.4 Å². The van der Waals surface area contributed by atoms with E-state index >= 15 is 0 Å². The minimum atomic E-state index is -0.208. The molecule has 2 rings (SSSR count). The highest BCUT2D eigenvalue weighted by Gasteiger charge is 2.18. The second kappa shape index (κ2) is 8.70. The maximum absolute atomic E-state index is 12.7. The van der Waals surface area contributed by atoms with Crippen LogP contribution in [0.25, 0.3) is 0 Å². The zero-order chi connectivity index (χ0) is 17.5. The van der Waals surface area contributed by atoms with Crippen molar-refractivity contribution in [3.05, 3.63) is 46.5 Å². The minimum Gasteiger partial charge on any atom is -0.492 e. The first-order valence-corrected chi connectivity index (χ1v) is 8.26. The summed E-state index contributed by atoms with van der Waals surface area (Å²) in [6.07, 6.45) is 2.56. The lowest BCUT2D eigenvalue weighted by atomic mass is 10.2. The van der Waals surface area contributed by atoms with Gasteiger partial charge in [-0.15, -0.1) is 0 Å². The number of benzene rings is 1. The molecule has 0 radical (unpaired) electrons. The van der Waals surface area contributed by atoms with Crippen LogP contribution in [0, 0.1) is 6.92 Å². The number of H-pyrrole nitrogens is 1. The van der Waals surface area contributed by atoms with Gasteiger partial charge in [0.25, 0.3) is 5.91 Å². The maximum atomic E-state index is 12.7. The first-order valence-electron chi connectivity index (χ1n) is 7.88. The van der Waals surface area contributed by atoms with Gasteiger partial charge < -0.3 is 19.7 Å². The number of carbonyl (C=O) groups excluding carboxylic acids is 1. The molecule has 0 unspecified atom stereocenters. The number of amides is 1. The van der Waals surface area contributed by atoms with Crippen molar-refractivity contribution >= 4 is 17.5 Å². The van der Waals surface area contributed by atoms with Gasteiger partial charge >= 0.3 is 0 Å². The molecule has 1 heterocycles. The molecule has 6 nitrogen and oxygen atoms in total. The zero-order valence-corrected chi connectivity index (χ0v) is 14.6. The second-order valence-electron chi connectivity index (χ2n) is 5.44. The Hall–Kier alpha value is -2.05. The average molecular weight is 352 g/mol. The van der Waals surface area contributed by atoms with E-state index in [4.69, 9.17) is 16.3 Å². The van der Waals surface area contributed by atoms with E-state index in [1.807, 2.05) is 13.8 Å². The predicted molar refractivity (Wildman–Crippen MR) is 92.4 cm³/mol. The third kappa shape index (κ3) is 4.72. The quantitative estimate of drug-likeness (QED) is 0.766. The normalized spacial score (nSPS) is 10.7. The molecule has 0 atom stereocenters. The number of nitrogens with zero attached hydrogens (tertiary/aromatic N) is 2. The number of halogens is 1. The van der Waals surface area contributed by atoms with Gasteiger partial charge in [-0.25, -0.2) is 4.98 Å². The van der Waals surface area contributed by atoms with Crippen molar-refractivity contribution in [3.8, 4) is 5.75 Å². The molecular formula is C17H22ClN3O3. The molecule has 0 fully saturated rings. The molecule has 1 aromatic carbocycles. The Labute approximate surface area is 146 Å². The molecule has 0 bridgehead atoms. The van der Waals surface area contributed by atoms with Crippen LogP contribution in [0.2, 0.25) is 5.02 Å². The number of aromatic nitrogens is 2. The van der Waals surface area contributed by atoms with Crippen LogP contribution in [-0.2, 0) is 6.54 Å². The summed E-state index contributed by atoms with van der Waals surface area (Å²) in [7, 11) is 0. The largest absolute Gasteiger partial charge is 0.492 e. The summed E-state index contributed by atoms with van der Waals surface area (Å²) < 4.78 is 5.52. The van der Waals surface area contributed by atoms with Crippen molar-refractivity contribution in [3.63, 3.8) is 0 Å². The Morgan fingerprint density at radius 2 is 2.25 bits per heavy atom. The number of aliphatic hydroxyl groups excluding tert-OH is 1. The lowest BCUT2D eigenvalue weighted by Crippen LogP contribution is -2.33. The van der Waals surface area contributed by atoms with E-state index in [0.29, 0.717) is 29.5 Å². The van der Waals surface area contributed by atoms with Crippen molar-refractivity contribution in [1.29, 1.82) is 0 Å². The van der Waals surface area contributed by atoms with Crippen molar-refractivity contribution in [2.45, 2.75) is 26.8 Å². The van der Waals surface area contributed by atoms with E-state index in [1.165, 1.54) is 0 Å². The third-order valence-corrected chi connectivity index (χ3v) is 3.71. The summed E-state index contributed by atoms with van der Waals surface area (Å²) >= 11 is 6.19. The molecule has 2 aromatic rings. The first-order chi connectivity index (χ1) is 11.5. The highest BCUT2D eigenvalue weighted by atomic mass is 35.5. The molecule has 7 heteroatoms. The lowest BCUT2D eigenvalue weighted by molar-refractivity contribution is 0.0705. The number of ether oxygens (including phenoxy) is 1. The number of hydrogen-bond donors (Lipinski definition) is 2. The Kier molecular flexibility index (Phi) is 6.63. The maximum Gasteiger partial charge on any atom is 0.254 e. The van der Waals surface area contributed by atoms with Crippen molar-refractivity contribution in [2.75, 3.05) is 19.8 Å². The van der Waals surface area contributed by atoms with Crippen LogP contribution < -0.4 is 4.74 Å². The number of imidazole rings is 1. The van der Waals surface area contributed by atoms with Gasteiger partial charge in [0.15, 0.2) is 0 Å². The van der Waals surface area contributed by atoms with Gasteiger partial charge in [0.2, 0.25) is 0 Å². The van der Waals surface area contributed by atoms with Gasteiger partial charge in [-0.2, -0.15) is 0 Å². The molecule has 0 aliphatic rings. The van der Waals surface area contributed by atoms with Gasteiger partial charge in [0.05, 0.1) is 36.7 Å². The van der Waals surface area contributed by atoms with E-state index in [2.05, 4.69) is 9.97 Å². The molecule has 1 amide bonds. The van der Waals surface area contributed by atoms with Gasteiger partial charge in [-0.05, 0) is 31.5 Å². The summed E-state index contributed by atoms with van der Waals surface area (Å²) in [6, 6.07) is 4.97. The number of aliphatic hydroxyl groups is 1. The number of hydrogen-bond acceptors (Lipinski definition) is 4. The number of aromatic amines is 1. The van der Waals surface area contributed by atoms with Crippen molar-refractivity contribution < 1.29 is 14.6 Å². The van der Waals surface area contributed by atoms with Crippen LogP contribution >= 0.6 is 11.6 Å². The summed E-state index contributed by atoms with van der Waals surface area (Å²) in [5.74, 6) is 1.13. The van der Waals surface area contributed by atoms with Crippen LogP contribution in [0.4, 0.5) is 0 Å². The molecular weight excluding hydrogens is 330 g/mol. The molecule has 0 aliphatic carbocycles. The van der Waals surface area contributed by atoms with Gasteiger partial charge in [-0.3, -0.25) is 4.79 Å². The molecule has 130 valence electrons. The molecule has 2 N–H and O–H groups in total. The first kappa shape index (κ1) is 18.3. The summed E-state index contributed by atoms with van der Waals surface area (Å²) in [5.41, 5.74) is 1.26. The molecule has 1 aromatic heterocycles. The highest BCUT2D eigenvalue weighted by Crippen LogP contribution is 2.26. The molecule has 0 saturated carbocycles. The summed E-state index contributed by atoms with van der Waals surface area (Å²) in [6.45, 7) is 4.87. The Balaban J connectivity index is 2.15. The molecule has 0 spiro atoms. The molecule has 0 aliphatic heterocycles. The zero-order valence-electron chi connectivity index (χ0n) is 13.9. The van der Waals surface area contributed by atoms with Crippen LogP contribution in [0.15, 0.2) is 24.4 Å². The summed E-state index contributed by atoms with van der Waals surface area (Å²) in [4.78, 5) is 21.5. The Morgan fingerprint density at radius 1 is 1.46 bits per heavy atom.